The van der Waals surface area contributed by atoms with E-state index in [9.17, 15) is 9.59 Å². The number of nitrogens with one attached hydrogen (secondary N) is 1. The van der Waals surface area contributed by atoms with Gasteiger partial charge in [0.05, 0.1) is 18.2 Å². The Morgan fingerprint density at radius 2 is 1.73 bits per heavy atom. The maximum Gasteiger partial charge on any atom is 0.241 e. The second kappa shape index (κ2) is 10.6. The predicted molar refractivity (Wildman–Crippen MR) is 136 cm³/mol. The Kier molecular flexibility index (Phi) is 7.63. The number of anilines is 1. The molecule has 1 aliphatic heterocycles. The molecule has 3 aromatic rings. The molecule has 0 spiro atoms. The topological polar surface area (TPSA) is 49.4 Å². The minimum Gasteiger partial charge on any atom is -0.355 e. The Balaban J connectivity index is 1.47. The van der Waals surface area contributed by atoms with Crippen LogP contribution < -0.4 is 10.2 Å². The average Bonchev–Trinajstić information content (AvgIpc) is 2.82. The van der Waals surface area contributed by atoms with Gasteiger partial charge in [-0.15, -0.1) is 11.8 Å². The third-order valence-electron chi connectivity index (χ3n) is 5.70. The van der Waals surface area contributed by atoms with Gasteiger partial charge in [-0.25, -0.2) is 0 Å². The lowest BCUT2D eigenvalue weighted by Crippen LogP contribution is -2.47. The highest BCUT2D eigenvalue weighted by atomic mass is 35.5. The van der Waals surface area contributed by atoms with Crippen molar-refractivity contribution < 1.29 is 9.59 Å². The molecule has 1 aliphatic rings. The molecule has 0 aromatic heterocycles. The second-order valence-corrected chi connectivity index (χ2v) is 10.0. The Labute approximate surface area is 208 Å². The molecule has 0 unspecified atom stereocenters. The molecule has 0 saturated carbocycles. The van der Waals surface area contributed by atoms with Crippen molar-refractivity contribution in [2.24, 2.45) is 5.92 Å². The van der Waals surface area contributed by atoms with Crippen LogP contribution in [-0.4, -0.2) is 23.6 Å². The van der Waals surface area contributed by atoms with Crippen LogP contribution in [0.1, 0.15) is 18.1 Å². The standard InChI is InChI=1S/C26H24Cl2N2O2S/c1-17(25(31)29-15-14-18-10-12-20(27)13-11-18)24-26(32)30(16-19-6-2-3-7-21(19)28)22-8-4-5-9-23(22)33-24/h2-13,17,24H,14-16H2,1H3,(H,29,31)/t17-,24-/m0/s1. The first kappa shape index (κ1) is 23.7. The largest absolute Gasteiger partial charge is 0.355 e. The molecule has 1 heterocycles. The Morgan fingerprint density at radius 1 is 1.03 bits per heavy atom. The van der Waals surface area contributed by atoms with Crippen LogP contribution >= 0.6 is 35.0 Å². The molecular weight excluding hydrogens is 475 g/mol. The van der Waals surface area contributed by atoms with E-state index in [-0.39, 0.29) is 11.8 Å². The molecule has 170 valence electrons. The normalized spacial score (nSPS) is 16.3. The van der Waals surface area contributed by atoms with Gasteiger partial charge in [-0.1, -0.05) is 72.6 Å². The molecule has 2 amide bonds. The zero-order valence-corrected chi connectivity index (χ0v) is 20.5. The number of hydrogen-bond donors (Lipinski definition) is 1. The Hall–Kier alpha value is -2.47. The van der Waals surface area contributed by atoms with Gasteiger partial charge >= 0.3 is 0 Å². The number of carbonyl (C=O) groups is 2. The summed E-state index contributed by atoms with van der Waals surface area (Å²) in [6.45, 7) is 2.67. The van der Waals surface area contributed by atoms with Crippen LogP contribution in [0.2, 0.25) is 10.0 Å². The molecular formula is C26H24Cl2N2O2S. The van der Waals surface area contributed by atoms with Crippen LogP contribution in [0.4, 0.5) is 5.69 Å². The van der Waals surface area contributed by atoms with E-state index >= 15 is 0 Å². The van der Waals surface area contributed by atoms with Crippen molar-refractivity contribution in [2.75, 3.05) is 11.4 Å². The molecule has 4 rings (SSSR count). The van der Waals surface area contributed by atoms with Crippen LogP contribution in [-0.2, 0) is 22.6 Å². The van der Waals surface area contributed by atoms with Crippen LogP contribution in [0.25, 0.3) is 0 Å². The summed E-state index contributed by atoms with van der Waals surface area (Å²) < 4.78 is 0. The van der Waals surface area contributed by atoms with Crippen LogP contribution in [0.3, 0.4) is 0 Å². The summed E-state index contributed by atoms with van der Waals surface area (Å²) in [5.74, 6) is -0.708. The molecule has 0 aliphatic carbocycles. The van der Waals surface area contributed by atoms with Gasteiger partial charge in [-0.2, -0.15) is 0 Å². The van der Waals surface area contributed by atoms with Gasteiger partial charge in [0.2, 0.25) is 11.8 Å². The SMILES string of the molecule is C[C@H](C(=O)NCCc1ccc(Cl)cc1)[C@@H]1Sc2ccccc2N(Cc2ccccc2Cl)C1=O. The molecule has 0 bridgehead atoms. The van der Waals surface area contributed by atoms with E-state index in [0.717, 1.165) is 21.7 Å². The minimum absolute atomic E-state index is 0.0843. The highest BCUT2D eigenvalue weighted by molar-refractivity contribution is 8.01. The van der Waals surface area contributed by atoms with Crippen LogP contribution in [0.5, 0.6) is 0 Å². The highest BCUT2D eigenvalue weighted by Crippen LogP contribution is 2.42. The van der Waals surface area contributed by atoms with Crippen molar-refractivity contribution >= 4 is 52.5 Å². The maximum atomic E-state index is 13.5. The van der Waals surface area contributed by atoms with Gasteiger partial charge in [-0.05, 0) is 47.9 Å². The number of halogens is 2. The monoisotopic (exact) mass is 498 g/mol. The van der Waals surface area contributed by atoms with E-state index < -0.39 is 11.2 Å². The number of benzene rings is 3. The fourth-order valence-electron chi connectivity index (χ4n) is 3.79. The number of rotatable bonds is 7. The van der Waals surface area contributed by atoms with Crippen molar-refractivity contribution in [3.05, 3.63) is 94.0 Å². The molecule has 0 radical (unpaired) electrons. The van der Waals surface area contributed by atoms with Crippen molar-refractivity contribution in [3.8, 4) is 0 Å². The number of para-hydroxylation sites is 1. The maximum absolute atomic E-state index is 13.5. The van der Waals surface area contributed by atoms with Crippen molar-refractivity contribution in [1.29, 1.82) is 0 Å². The molecule has 3 aromatic carbocycles. The average molecular weight is 499 g/mol. The zero-order chi connectivity index (χ0) is 23.4. The third kappa shape index (κ3) is 5.55. The molecule has 7 heteroatoms. The van der Waals surface area contributed by atoms with Crippen molar-refractivity contribution in [3.63, 3.8) is 0 Å². The Morgan fingerprint density at radius 3 is 2.48 bits per heavy atom. The molecule has 1 N–H and O–H groups in total. The van der Waals surface area contributed by atoms with Gasteiger partial charge < -0.3 is 10.2 Å². The van der Waals surface area contributed by atoms with Gasteiger partial charge in [0.25, 0.3) is 0 Å². The lowest BCUT2D eigenvalue weighted by Gasteiger charge is -2.36. The zero-order valence-electron chi connectivity index (χ0n) is 18.1. The van der Waals surface area contributed by atoms with E-state index in [2.05, 4.69) is 5.32 Å². The number of fused-ring (bicyclic) bond motifs is 1. The van der Waals surface area contributed by atoms with Crippen molar-refractivity contribution in [2.45, 2.75) is 30.0 Å². The minimum atomic E-state index is -0.516. The fourth-order valence-corrected chi connectivity index (χ4v) is 5.40. The summed E-state index contributed by atoms with van der Waals surface area (Å²) in [4.78, 5) is 29.2. The summed E-state index contributed by atoms with van der Waals surface area (Å²) in [5.41, 5.74) is 2.81. The molecule has 0 saturated heterocycles. The smallest absolute Gasteiger partial charge is 0.241 e. The van der Waals surface area contributed by atoms with Crippen LogP contribution in [0.15, 0.2) is 77.7 Å². The number of carbonyl (C=O) groups excluding carboxylic acids is 2. The summed E-state index contributed by atoms with van der Waals surface area (Å²) >= 11 is 13.8. The van der Waals surface area contributed by atoms with E-state index in [1.54, 1.807) is 4.90 Å². The lowest BCUT2D eigenvalue weighted by molar-refractivity contribution is -0.128. The molecule has 4 nitrogen and oxygen atoms in total. The van der Waals surface area contributed by atoms with E-state index in [1.165, 1.54) is 11.8 Å². The summed E-state index contributed by atoms with van der Waals surface area (Å²) in [7, 11) is 0. The lowest BCUT2D eigenvalue weighted by atomic mass is 10.0. The molecule has 0 fully saturated rings. The Bertz CT molecular complexity index is 1150. The first-order chi connectivity index (χ1) is 15.9. The van der Waals surface area contributed by atoms with Crippen LogP contribution in [0, 0.1) is 5.92 Å². The van der Waals surface area contributed by atoms with Crippen molar-refractivity contribution in [1.82, 2.24) is 5.32 Å². The van der Waals surface area contributed by atoms with E-state index in [1.807, 2.05) is 79.7 Å². The number of thioether (sulfide) groups is 1. The first-order valence-corrected chi connectivity index (χ1v) is 12.4. The van der Waals surface area contributed by atoms with E-state index in [0.29, 0.717) is 29.6 Å². The second-order valence-electron chi connectivity index (χ2n) is 7.98. The number of nitrogens with zero attached hydrogens (tertiary/aromatic N) is 1. The third-order valence-corrected chi connectivity index (χ3v) is 7.78. The first-order valence-electron chi connectivity index (χ1n) is 10.8. The van der Waals surface area contributed by atoms with Gasteiger partial charge in [0, 0.05) is 21.5 Å². The summed E-state index contributed by atoms with van der Waals surface area (Å²) in [6, 6.07) is 22.9. The fraction of sp³-hybridized carbons (Fsp3) is 0.231. The molecule has 33 heavy (non-hydrogen) atoms. The molecule has 2 atom stereocenters. The highest BCUT2D eigenvalue weighted by Gasteiger charge is 2.39. The quantitative estimate of drug-likeness (QED) is 0.434. The number of amides is 2. The summed E-state index contributed by atoms with van der Waals surface area (Å²) in [5, 5.41) is 3.77. The van der Waals surface area contributed by atoms with Gasteiger partial charge in [0.15, 0.2) is 0 Å². The summed E-state index contributed by atoms with van der Waals surface area (Å²) in [6.07, 6.45) is 0.697. The predicted octanol–water partition coefficient (Wildman–Crippen LogP) is 6.00. The van der Waals surface area contributed by atoms with E-state index in [4.69, 9.17) is 23.2 Å². The number of hydrogen-bond acceptors (Lipinski definition) is 3. The van der Waals surface area contributed by atoms with Gasteiger partial charge in [0.1, 0.15) is 5.25 Å². The van der Waals surface area contributed by atoms with Gasteiger partial charge in [-0.3, -0.25) is 9.59 Å².